The predicted octanol–water partition coefficient (Wildman–Crippen LogP) is 4.78. The summed E-state index contributed by atoms with van der Waals surface area (Å²) < 4.78 is 5.46. The number of imidazole rings is 1. The van der Waals surface area contributed by atoms with Crippen molar-refractivity contribution < 1.29 is 0 Å². The molecule has 0 amide bonds. The van der Waals surface area contributed by atoms with E-state index in [0.717, 1.165) is 21.6 Å². The van der Waals surface area contributed by atoms with Gasteiger partial charge >= 0.3 is 0 Å². The molecule has 4 nitrogen and oxygen atoms in total. The maximum atomic E-state index is 6.21. The monoisotopic (exact) mass is 318 g/mol. The number of benzene rings is 1. The molecule has 3 aromatic rings. The van der Waals surface area contributed by atoms with Crippen molar-refractivity contribution in [2.75, 3.05) is 4.72 Å². The second kappa shape index (κ2) is 5.95. The number of halogens is 1. The zero-order valence-corrected chi connectivity index (χ0v) is 13.3. The van der Waals surface area contributed by atoms with Gasteiger partial charge in [0, 0.05) is 29.6 Å². The Balaban J connectivity index is 1.89. The highest BCUT2D eigenvalue weighted by molar-refractivity contribution is 8.00. The molecular weight excluding hydrogens is 304 g/mol. The third-order valence-electron chi connectivity index (χ3n) is 3.17. The molecule has 0 aliphatic heterocycles. The van der Waals surface area contributed by atoms with Crippen LogP contribution in [0.4, 0.5) is 5.69 Å². The molecule has 108 valence electrons. The summed E-state index contributed by atoms with van der Waals surface area (Å²) in [6.45, 7) is 4.26. The van der Waals surface area contributed by atoms with Gasteiger partial charge in [-0.25, -0.2) is 4.98 Å². The first kappa shape index (κ1) is 14.2. The van der Waals surface area contributed by atoms with E-state index >= 15 is 0 Å². The molecule has 0 saturated carbocycles. The van der Waals surface area contributed by atoms with Crippen LogP contribution in [0, 0.1) is 0 Å². The van der Waals surface area contributed by atoms with E-state index < -0.39 is 0 Å². The lowest BCUT2D eigenvalue weighted by molar-refractivity contribution is 0.559. The lowest BCUT2D eigenvalue weighted by Crippen LogP contribution is -2.01. The largest absolute Gasteiger partial charge is 0.322 e. The van der Waals surface area contributed by atoms with Crippen molar-refractivity contribution in [1.82, 2.24) is 14.5 Å². The van der Waals surface area contributed by atoms with Gasteiger partial charge in [-0.15, -0.1) is 0 Å². The van der Waals surface area contributed by atoms with Crippen molar-refractivity contribution in [3.05, 3.63) is 48.0 Å². The number of hydrogen-bond donors (Lipinski definition) is 1. The fraction of sp³-hybridized carbons (Fsp3) is 0.200. The summed E-state index contributed by atoms with van der Waals surface area (Å²) in [5.41, 5.74) is 1.81. The Hall–Kier alpha value is -1.72. The van der Waals surface area contributed by atoms with Gasteiger partial charge in [-0.05, 0) is 38.1 Å². The molecule has 0 spiro atoms. The Morgan fingerprint density at radius 2 is 2.14 bits per heavy atom. The van der Waals surface area contributed by atoms with Gasteiger partial charge < -0.3 is 9.29 Å². The zero-order valence-electron chi connectivity index (χ0n) is 11.7. The number of nitrogens with one attached hydrogen (secondary N) is 1. The van der Waals surface area contributed by atoms with Crippen LogP contribution < -0.4 is 4.72 Å². The molecule has 21 heavy (non-hydrogen) atoms. The van der Waals surface area contributed by atoms with Crippen molar-refractivity contribution in [3.8, 4) is 0 Å². The normalized spacial score (nSPS) is 11.2. The van der Waals surface area contributed by atoms with E-state index in [4.69, 9.17) is 11.6 Å². The number of pyridine rings is 1. The highest BCUT2D eigenvalue weighted by Crippen LogP contribution is 2.31. The van der Waals surface area contributed by atoms with Crippen LogP contribution in [0.2, 0.25) is 5.02 Å². The number of aromatic nitrogens is 3. The van der Waals surface area contributed by atoms with Gasteiger partial charge in [-0.3, -0.25) is 4.98 Å². The fourth-order valence-electron chi connectivity index (χ4n) is 2.09. The average Bonchev–Trinajstić information content (AvgIpc) is 2.96. The van der Waals surface area contributed by atoms with Gasteiger partial charge in [0.2, 0.25) is 0 Å². The zero-order chi connectivity index (χ0) is 14.8. The summed E-state index contributed by atoms with van der Waals surface area (Å²) in [4.78, 5) is 8.61. The van der Waals surface area contributed by atoms with Gasteiger partial charge in [0.25, 0.3) is 0 Å². The van der Waals surface area contributed by atoms with Gasteiger partial charge in [0.15, 0.2) is 0 Å². The third-order valence-corrected chi connectivity index (χ3v) is 4.35. The Bertz CT molecular complexity index is 769. The van der Waals surface area contributed by atoms with E-state index in [1.165, 1.54) is 11.9 Å². The van der Waals surface area contributed by atoms with E-state index in [2.05, 4.69) is 33.1 Å². The summed E-state index contributed by atoms with van der Waals surface area (Å²) >= 11 is 7.73. The fourth-order valence-corrected chi connectivity index (χ4v) is 3.16. The van der Waals surface area contributed by atoms with E-state index in [-0.39, 0.29) is 0 Å². The number of nitrogens with zero attached hydrogens (tertiary/aromatic N) is 3. The standard InChI is InChI=1S/C15H15ClN4S/c1-10(2)20-9-17-8-14(20)21-19-13-6-5-12(16)11-4-3-7-18-15(11)13/h3-10,19H,1-2H3. The van der Waals surface area contributed by atoms with Crippen LogP contribution in [0.5, 0.6) is 0 Å². The van der Waals surface area contributed by atoms with E-state index in [1.54, 1.807) is 6.20 Å². The maximum absolute atomic E-state index is 6.21. The minimum Gasteiger partial charge on any atom is -0.322 e. The lowest BCUT2D eigenvalue weighted by atomic mass is 10.2. The first-order valence-corrected chi connectivity index (χ1v) is 7.84. The number of fused-ring (bicyclic) bond motifs is 1. The highest BCUT2D eigenvalue weighted by Gasteiger charge is 2.09. The Labute approximate surface area is 132 Å². The Morgan fingerprint density at radius 3 is 2.95 bits per heavy atom. The minimum atomic E-state index is 0.372. The molecule has 0 fully saturated rings. The summed E-state index contributed by atoms with van der Waals surface area (Å²) in [6, 6.07) is 8.06. The van der Waals surface area contributed by atoms with Gasteiger partial charge in [-0.1, -0.05) is 11.6 Å². The first-order chi connectivity index (χ1) is 10.2. The summed E-state index contributed by atoms with van der Waals surface area (Å²) in [5.74, 6) is 0. The van der Waals surface area contributed by atoms with E-state index in [1.807, 2.05) is 36.8 Å². The second-order valence-corrected chi connectivity index (χ2v) is 6.17. The molecule has 0 radical (unpaired) electrons. The molecule has 0 unspecified atom stereocenters. The van der Waals surface area contributed by atoms with Crippen LogP contribution in [0.25, 0.3) is 10.9 Å². The number of rotatable bonds is 4. The topological polar surface area (TPSA) is 42.7 Å². The first-order valence-electron chi connectivity index (χ1n) is 6.64. The molecule has 1 N–H and O–H groups in total. The van der Waals surface area contributed by atoms with Crippen LogP contribution in [0.3, 0.4) is 0 Å². The van der Waals surface area contributed by atoms with Crippen molar-refractivity contribution in [2.24, 2.45) is 0 Å². The molecule has 1 aromatic carbocycles. The smallest absolute Gasteiger partial charge is 0.116 e. The van der Waals surface area contributed by atoms with Crippen molar-refractivity contribution in [1.29, 1.82) is 0 Å². The quantitative estimate of drug-likeness (QED) is 0.703. The third kappa shape index (κ3) is 2.84. The van der Waals surface area contributed by atoms with Crippen molar-refractivity contribution in [3.63, 3.8) is 0 Å². The lowest BCUT2D eigenvalue weighted by Gasteiger charge is -2.13. The molecule has 2 aromatic heterocycles. The molecule has 0 aliphatic carbocycles. The van der Waals surface area contributed by atoms with Crippen LogP contribution in [0.15, 0.2) is 48.0 Å². The molecule has 0 atom stereocenters. The van der Waals surface area contributed by atoms with Crippen LogP contribution >= 0.6 is 23.5 Å². The van der Waals surface area contributed by atoms with Crippen LogP contribution in [0.1, 0.15) is 19.9 Å². The second-order valence-electron chi connectivity index (χ2n) is 4.93. The van der Waals surface area contributed by atoms with Gasteiger partial charge in [0.05, 0.1) is 28.8 Å². The van der Waals surface area contributed by atoms with Crippen LogP contribution in [-0.2, 0) is 0 Å². The molecule has 0 aliphatic rings. The summed E-state index contributed by atoms with van der Waals surface area (Å²) in [6.07, 6.45) is 5.46. The number of hydrogen-bond acceptors (Lipinski definition) is 4. The predicted molar refractivity (Wildman–Crippen MR) is 88.8 cm³/mol. The van der Waals surface area contributed by atoms with Gasteiger partial charge in [0.1, 0.15) is 5.03 Å². The molecule has 2 heterocycles. The molecule has 3 rings (SSSR count). The van der Waals surface area contributed by atoms with E-state index in [9.17, 15) is 0 Å². The molecule has 6 heteroatoms. The van der Waals surface area contributed by atoms with Crippen LogP contribution in [-0.4, -0.2) is 14.5 Å². The highest BCUT2D eigenvalue weighted by atomic mass is 35.5. The van der Waals surface area contributed by atoms with E-state index in [0.29, 0.717) is 11.1 Å². The summed E-state index contributed by atoms with van der Waals surface area (Å²) in [7, 11) is 0. The van der Waals surface area contributed by atoms with Crippen molar-refractivity contribution >= 4 is 40.1 Å². The molecule has 0 saturated heterocycles. The minimum absolute atomic E-state index is 0.372. The van der Waals surface area contributed by atoms with Gasteiger partial charge in [-0.2, -0.15) is 0 Å². The molecule has 0 bridgehead atoms. The summed E-state index contributed by atoms with van der Waals surface area (Å²) in [5, 5.41) is 2.71. The SMILES string of the molecule is CC(C)n1cncc1SNc1ccc(Cl)c2cccnc12. The number of anilines is 1. The average molecular weight is 319 g/mol. The molecular formula is C15H15ClN4S. The van der Waals surface area contributed by atoms with Crippen molar-refractivity contribution in [2.45, 2.75) is 24.9 Å². The Morgan fingerprint density at radius 1 is 1.29 bits per heavy atom. The maximum Gasteiger partial charge on any atom is 0.116 e. The Kier molecular flexibility index (Phi) is 4.03.